The molecule has 0 heterocycles. The number of thiol groups is 1. The first-order valence-corrected chi connectivity index (χ1v) is 4.41. The van der Waals surface area contributed by atoms with E-state index in [2.05, 4.69) is 17.9 Å². The summed E-state index contributed by atoms with van der Waals surface area (Å²) in [4.78, 5) is 0. The Morgan fingerprint density at radius 1 is 1.40 bits per heavy atom. The molecular formula is C7H14FNS. The van der Waals surface area contributed by atoms with E-state index in [1.54, 1.807) is 0 Å². The molecule has 0 spiro atoms. The number of hydrogen-bond donors (Lipinski definition) is 2. The van der Waals surface area contributed by atoms with Crippen molar-refractivity contribution in [3.05, 3.63) is 0 Å². The first-order chi connectivity index (χ1) is 4.77. The fourth-order valence-electron chi connectivity index (χ4n) is 1.47. The zero-order valence-electron chi connectivity index (χ0n) is 6.07. The van der Waals surface area contributed by atoms with Gasteiger partial charge in [-0.1, -0.05) is 12.8 Å². The van der Waals surface area contributed by atoms with Crippen molar-refractivity contribution in [2.24, 2.45) is 0 Å². The molecule has 1 aliphatic rings. The second-order valence-corrected chi connectivity index (χ2v) is 3.26. The van der Waals surface area contributed by atoms with Crippen LogP contribution in [0.4, 0.5) is 4.39 Å². The number of rotatable bonds is 3. The lowest BCUT2D eigenvalue weighted by Crippen LogP contribution is -2.33. The van der Waals surface area contributed by atoms with Crippen LogP contribution in [0.25, 0.3) is 0 Å². The minimum atomic E-state index is -0.914. The molecule has 0 atom stereocenters. The summed E-state index contributed by atoms with van der Waals surface area (Å²) in [6.45, 7) is 0.483. The van der Waals surface area contributed by atoms with Crippen molar-refractivity contribution in [3.63, 3.8) is 0 Å². The van der Waals surface area contributed by atoms with Gasteiger partial charge in [0.15, 0.2) is 0 Å². The molecule has 10 heavy (non-hydrogen) atoms. The van der Waals surface area contributed by atoms with Crippen LogP contribution in [0.2, 0.25) is 0 Å². The Labute approximate surface area is 66.8 Å². The average molecular weight is 163 g/mol. The van der Waals surface area contributed by atoms with E-state index in [4.69, 9.17) is 0 Å². The van der Waals surface area contributed by atoms with Gasteiger partial charge >= 0.3 is 0 Å². The molecule has 0 aromatic carbocycles. The van der Waals surface area contributed by atoms with E-state index in [0.29, 0.717) is 12.4 Å². The van der Waals surface area contributed by atoms with Crippen molar-refractivity contribution in [1.29, 1.82) is 0 Å². The summed E-state index contributed by atoms with van der Waals surface area (Å²) in [5.41, 5.74) is -0.914. The molecule has 0 bridgehead atoms. The molecule has 0 aromatic heterocycles. The highest BCUT2D eigenvalue weighted by Crippen LogP contribution is 2.32. The van der Waals surface area contributed by atoms with Crippen LogP contribution < -0.4 is 5.32 Å². The minimum absolute atomic E-state index is 0.483. The van der Waals surface area contributed by atoms with E-state index >= 15 is 0 Å². The summed E-state index contributed by atoms with van der Waals surface area (Å²) in [7, 11) is 0. The Morgan fingerprint density at radius 2 is 2.00 bits per heavy atom. The predicted molar refractivity (Wildman–Crippen MR) is 44.2 cm³/mol. The van der Waals surface area contributed by atoms with Crippen LogP contribution in [-0.2, 0) is 0 Å². The summed E-state index contributed by atoms with van der Waals surface area (Å²) in [5, 5.41) is 2.92. The molecule has 0 saturated heterocycles. The average Bonchev–Trinajstić information content (AvgIpc) is 2.33. The highest BCUT2D eigenvalue weighted by Gasteiger charge is 2.32. The highest BCUT2D eigenvalue weighted by molar-refractivity contribution is 7.80. The normalized spacial score (nSPS) is 23.4. The molecule has 1 aliphatic carbocycles. The van der Waals surface area contributed by atoms with Gasteiger partial charge in [-0.3, -0.25) is 0 Å². The van der Waals surface area contributed by atoms with Crippen LogP contribution in [0, 0.1) is 0 Å². The molecule has 1 fully saturated rings. The molecule has 1 saturated carbocycles. The number of nitrogens with one attached hydrogen (secondary N) is 1. The highest BCUT2D eigenvalue weighted by atomic mass is 32.1. The van der Waals surface area contributed by atoms with E-state index in [-0.39, 0.29) is 0 Å². The van der Waals surface area contributed by atoms with Crippen LogP contribution in [0.5, 0.6) is 0 Å². The SMILES string of the molecule is FC1(CNCS)CCCC1. The third-order valence-corrected chi connectivity index (χ3v) is 2.28. The molecule has 0 unspecified atom stereocenters. The van der Waals surface area contributed by atoms with E-state index in [9.17, 15) is 4.39 Å². The largest absolute Gasteiger partial charge is 0.305 e. The Morgan fingerprint density at radius 3 is 2.50 bits per heavy atom. The molecular weight excluding hydrogens is 149 g/mol. The second kappa shape index (κ2) is 3.58. The van der Waals surface area contributed by atoms with E-state index in [1.807, 2.05) is 0 Å². The van der Waals surface area contributed by atoms with Crippen LogP contribution >= 0.6 is 12.6 Å². The predicted octanol–water partition coefficient (Wildman–Crippen LogP) is 1.75. The van der Waals surface area contributed by atoms with Crippen LogP contribution in [0.3, 0.4) is 0 Å². The molecule has 1 nitrogen and oxygen atoms in total. The quantitative estimate of drug-likeness (QED) is 0.477. The first-order valence-electron chi connectivity index (χ1n) is 3.77. The number of hydrogen-bond acceptors (Lipinski definition) is 2. The smallest absolute Gasteiger partial charge is 0.123 e. The van der Waals surface area contributed by atoms with Crippen molar-refractivity contribution in [1.82, 2.24) is 5.32 Å². The van der Waals surface area contributed by atoms with Crippen LogP contribution in [-0.4, -0.2) is 18.1 Å². The minimum Gasteiger partial charge on any atom is -0.305 e. The third-order valence-electron chi connectivity index (χ3n) is 2.05. The molecule has 0 radical (unpaired) electrons. The van der Waals surface area contributed by atoms with E-state index < -0.39 is 5.67 Å². The van der Waals surface area contributed by atoms with Gasteiger partial charge in [0, 0.05) is 12.4 Å². The van der Waals surface area contributed by atoms with Gasteiger partial charge in [0.05, 0.1) is 0 Å². The molecule has 1 N–H and O–H groups in total. The number of alkyl halides is 1. The maximum Gasteiger partial charge on any atom is 0.123 e. The maximum absolute atomic E-state index is 13.4. The van der Waals surface area contributed by atoms with E-state index in [1.165, 1.54) is 0 Å². The molecule has 3 heteroatoms. The van der Waals surface area contributed by atoms with E-state index in [0.717, 1.165) is 25.7 Å². The molecule has 1 rings (SSSR count). The second-order valence-electron chi connectivity index (χ2n) is 2.94. The Balaban J connectivity index is 2.22. The first kappa shape index (κ1) is 8.34. The zero-order valence-corrected chi connectivity index (χ0v) is 6.96. The standard InChI is InChI=1S/C7H14FNS/c8-7(5-9-6-10)3-1-2-4-7/h9-10H,1-6H2. The van der Waals surface area contributed by atoms with Gasteiger partial charge < -0.3 is 5.32 Å². The topological polar surface area (TPSA) is 12.0 Å². The van der Waals surface area contributed by atoms with Gasteiger partial charge in [0.2, 0.25) is 0 Å². The summed E-state index contributed by atoms with van der Waals surface area (Å²) in [6.07, 6.45) is 3.55. The summed E-state index contributed by atoms with van der Waals surface area (Å²) >= 11 is 3.95. The van der Waals surface area contributed by atoms with Crippen molar-refractivity contribution in [3.8, 4) is 0 Å². The fourth-order valence-corrected chi connectivity index (χ4v) is 1.58. The molecule has 0 aliphatic heterocycles. The molecule has 0 aromatic rings. The van der Waals surface area contributed by atoms with Crippen molar-refractivity contribution >= 4 is 12.6 Å². The third kappa shape index (κ3) is 2.13. The Kier molecular flexibility index (Phi) is 2.98. The van der Waals surface area contributed by atoms with Gasteiger partial charge in [0.1, 0.15) is 5.67 Å². The Hall–Kier alpha value is 0.240. The van der Waals surface area contributed by atoms with Crippen molar-refractivity contribution < 1.29 is 4.39 Å². The van der Waals surface area contributed by atoms with Gasteiger partial charge in [-0.2, -0.15) is 12.6 Å². The summed E-state index contributed by atoms with van der Waals surface area (Å²) < 4.78 is 13.4. The van der Waals surface area contributed by atoms with Gasteiger partial charge in [-0.15, -0.1) is 0 Å². The monoisotopic (exact) mass is 163 g/mol. The zero-order chi connectivity index (χ0) is 7.45. The van der Waals surface area contributed by atoms with Gasteiger partial charge in [-0.25, -0.2) is 4.39 Å². The molecule has 0 amide bonds. The van der Waals surface area contributed by atoms with Crippen LogP contribution in [0.1, 0.15) is 25.7 Å². The summed E-state index contributed by atoms with van der Waals surface area (Å²) in [5.74, 6) is 0.575. The Bertz CT molecular complexity index is 102. The van der Waals surface area contributed by atoms with Gasteiger partial charge in [0.25, 0.3) is 0 Å². The lowest BCUT2D eigenvalue weighted by molar-refractivity contribution is 0.171. The lowest BCUT2D eigenvalue weighted by atomic mass is 10.1. The molecule has 60 valence electrons. The number of halogens is 1. The van der Waals surface area contributed by atoms with Gasteiger partial charge in [-0.05, 0) is 12.8 Å². The maximum atomic E-state index is 13.4. The fraction of sp³-hybridized carbons (Fsp3) is 1.00. The van der Waals surface area contributed by atoms with Crippen molar-refractivity contribution in [2.45, 2.75) is 31.4 Å². The van der Waals surface area contributed by atoms with Crippen molar-refractivity contribution in [2.75, 3.05) is 12.4 Å². The lowest BCUT2D eigenvalue weighted by Gasteiger charge is -2.18. The summed E-state index contributed by atoms with van der Waals surface area (Å²) in [6, 6.07) is 0. The van der Waals surface area contributed by atoms with Crippen LogP contribution in [0.15, 0.2) is 0 Å².